The van der Waals surface area contributed by atoms with Crippen molar-refractivity contribution >= 4 is 6.08 Å². The van der Waals surface area contributed by atoms with Crippen LogP contribution < -0.4 is 0 Å². The second kappa shape index (κ2) is 4.04. The van der Waals surface area contributed by atoms with Gasteiger partial charge in [-0.25, -0.2) is 0 Å². The Hall–Kier alpha value is -1.32. The lowest BCUT2D eigenvalue weighted by Gasteiger charge is -2.10. The van der Waals surface area contributed by atoms with Gasteiger partial charge in [-0.1, -0.05) is 11.6 Å². The third kappa shape index (κ3) is 3.08. The van der Waals surface area contributed by atoms with E-state index in [0.29, 0.717) is 5.69 Å². The predicted molar refractivity (Wildman–Crippen MR) is 53.3 cm³/mol. The fourth-order valence-electron chi connectivity index (χ4n) is 1.24. The monoisotopic (exact) mass is 215 g/mol. The average molecular weight is 215 g/mol. The summed E-state index contributed by atoms with van der Waals surface area (Å²) in [4.78, 5) is 3.86. The maximum Gasteiger partial charge on any atom is 0.417 e. The van der Waals surface area contributed by atoms with Crippen molar-refractivity contribution in [2.45, 2.75) is 26.9 Å². The molecule has 1 heterocycles. The summed E-state index contributed by atoms with van der Waals surface area (Å²) in [5, 5.41) is 0. The predicted octanol–water partition coefficient (Wildman–Crippen LogP) is 3.83. The molecular formula is C11H12F3N. The van der Waals surface area contributed by atoms with Gasteiger partial charge in [0.2, 0.25) is 0 Å². The lowest BCUT2D eigenvalue weighted by molar-refractivity contribution is -0.137. The first-order valence-electron chi connectivity index (χ1n) is 4.49. The quantitative estimate of drug-likeness (QED) is 0.693. The summed E-state index contributed by atoms with van der Waals surface area (Å²) in [5.41, 5.74) is 0.670. The molecule has 4 heteroatoms. The number of hydrogen-bond donors (Lipinski definition) is 0. The highest BCUT2D eigenvalue weighted by Crippen LogP contribution is 2.32. The molecule has 0 atom stereocenters. The summed E-state index contributed by atoms with van der Waals surface area (Å²) < 4.78 is 37.9. The topological polar surface area (TPSA) is 12.9 Å². The highest BCUT2D eigenvalue weighted by atomic mass is 19.4. The van der Waals surface area contributed by atoms with Gasteiger partial charge in [-0.05, 0) is 26.8 Å². The zero-order valence-electron chi connectivity index (χ0n) is 8.81. The van der Waals surface area contributed by atoms with E-state index in [2.05, 4.69) is 4.98 Å². The Morgan fingerprint density at radius 1 is 1.33 bits per heavy atom. The molecule has 1 aromatic heterocycles. The molecule has 1 aromatic rings. The van der Waals surface area contributed by atoms with Crippen LogP contribution in [-0.2, 0) is 6.18 Å². The molecular weight excluding hydrogens is 203 g/mol. The molecule has 0 bridgehead atoms. The maximum absolute atomic E-state index is 12.6. The van der Waals surface area contributed by atoms with E-state index < -0.39 is 11.7 Å². The van der Waals surface area contributed by atoms with E-state index in [1.807, 2.05) is 0 Å². The first-order chi connectivity index (χ1) is 6.80. The third-order valence-corrected chi connectivity index (χ3v) is 1.82. The second-order valence-electron chi connectivity index (χ2n) is 3.63. The first-order valence-corrected chi connectivity index (χ1v) is 4.49. The molecule has 0 aliphatic carbocycles. The van der Waals surface area contributed by atoms with Crippen LogP contribution in [0.4, 0.5) is 13.2 Å². The van der Waals surface area contributed by atoms with Gasteiger partial charge >= 0.3 is 6.18 Å². The second-order valence-corrected chi connectivity index (χ2v) is 3.63. The van der Waals surface area contributed by atoms with Crippen LogP contribution in [-0.4, -0.2) is 4.98 Å². The molecule has 0 aliphatic heterocycles. The number of aryl methyl sites for hydroxylation is 1. The first kappa shape index (κ1) is 11.8. The summed E-state index contributed by atoms with van der Waals surface area (Å²) in [6.45, 7) is 5.04. The zero-order chi connectivity index (χ0) is 11.6. The Kier molecular flexibility index (Phi) is 3.17. The fraction of sp³-hybridized carbons (Fsp3) is 0.364. The van der Waals surface area contributed by atoms with Crippen LogP contribution in [0.25, 0.3) is 6.08 Å². The van der Waals surface area contributed by atoms with Gasteiger partial charge in [-0.15, -0.1) is 0 Å². The molecule has 0 unspecified atom stereocenters. The van der Waals surface area contributed by atoms with Crippen molar-refractivity contribution in [2.75, 3.05) is 0 Å². The zero-order valence-corrected chi connectivity index (χ0v) is 8.81. The van der Waals surface area contributed by atoms with E-state index in [0.717, 1.165) is 11.6 Å². The Bertz CT molecular complexity index is 387. The molecule has 0 amide bonds. The number of hydrogen-bond acceptors (Lipinski definition) is 1. The van der Waals surface area contributed by atoms with Crippen LogP contribution in [0.1, 0.15) is 30.7 Å². The summed E-state index contributed by atoms with van der Waals surface area (Å²) >= 11 is 0. The molecule has 1 nitrogen and oxygen atoms in total. The van der Waals surface area contributed by atoms with E-state index in [1.54, 1.807) is 20.8 Å². The molecule has 0 saturated carbocycles. The van der Waals surface area contributed by atoms with E-state index in [9.17, 15) is 13.2 Å². The third-order valence-electron chi connectivity index (χ3n) is 1.82. The Morgan fingerprint density at radius 3 is 2.40 bits per heavy atom. The van der Waals surface area contributed by atoms with Crippen molar-refractivity contribution in [1.29, 1.82) is 0 Å². The van der Waals surface area contributed by atoms with Gasteiger partial charge in [0.05, 0.1) is 5.56 Å². The maximum atomic E-state index is 12.6. The SMILES string of the molecule is CC(C)=Cc1cnc(C)cc1C(F)(F)F. The number of alkyl halides is 3. The van der Waals surface area contributed by atoms with E-state index in [-0.39, 0.29) is 5.56 Å². The minimum atomic E-state index is -4.32. The molecule has 0 saturated heterocycles. The van der Waals surface area contributed by atoms with Gasteiger partial charge < -0.3 is 0 Å². The molecule has 82 valence electrons. The van der Waals surface area contributed by atoms with E-state index >= 15 is 0 Å². The fourth-order valence-corrected chi connectivity index (χ4v) is 1.24. The number of rotatable bonds is 1. The van der Waals surface area contributed by atoms with Crippen LogP contribution in [0, 0.1) is 6.92 Å². The van der Waals surface area contributed by atoms with Crippen molar-refractivity contribution in [3.05, 3.63) is 34.7 Å². The van der Waals surface area contributed by atoms with Crippen molar-refractivity contribution in [3.63, 3.8) is 0 Å². The van der Waals surface area contributed by atoms with Gasteiger partial charge in [0.1, 0.15) is 0 Å². The molecule has 0 aliphatic rings. The highest BCUT2D eigenvalue weighted by molar-refractivity contribution is 5.56. The van der Waals surface area contributed by atoms with E-state index in [1.165, 1.54) is 12.3 Å². The van der Waals surface area contributed by atoms with Crippen LogP contribution >= 0.6 is 0 Å². The van der Waals surface area contributed by atoms with Crippen molar-refractivity contribution < 1.29 is 13.2 Å². The largest absolute Gasteiger partial charge is 0.417 e. The number of aromatic nitrogens is 1. The highest BCUT2D eigenvalue weighted by Gasteiger charge is 2.33. The van der Waals surface area contributed by atoms with Crippen LogP contribution in [0.2, 0.25) is 0 Å². The Balaban J connectivity index is 3.34. The average Bonchev–Trinajstić information content (AvgIpc) is 2.05. The number of nitrogens with zero attached hydrogens (tertiary/aromatic N) is 1. The van der Waals surface area contributed by atoms with Gasteiger partial charge in [0.15, 0.2) is 0 Å². The minimum Gasteiger partial charge on any atom is -0.261 e. The summed E-state index contributed by atoms with van der Waals surface area (Å²) in [7, 11) is 0. The lowest BCUT2D eigenvalue weighted by Crippen LogP contribution is -2.08. The normalized spacial score (nSPS) is 11.3. The molecule has 0 fully saturated rings. The van der Waals surface area contributed by atoms with Gasteiger partial charge in [-0.3, -0.25) is 4.98 Å². The Morgan fingerprint density at radius 2 is 1.93 bits per heavy atom. The van der Waals surface area contributed by atoms with Gasteiger partial charge in [-0.2, -0.15) is 13.2 Å². The number of halogens is 3. The summed E-state index contributed by atoms with van der Waals surface area (Å²) in [6.07, 6.45) is -1.59. The molecule has 0 aromatic carbocycles. The van der Waals surface area contributed by atoms with Gasteiger partial charge in [0.25, 0.3) is 0 Å². The summed E-state index contributed by atoms with van der Waals surface area (Å²) in [5.74, 6) is 0. The van der Waals surface area contributed by atoms with Crippen LogP contribution in [0.5, 0.6) is 0 Å². The number of pyridine rings is 1. The van der Waals surface area contributed by atoms with Crippen LogP contribution in [0.3, 0.4) is 0 Å². The Labute approximate surface area is 86.6 Å². The molecule has 0 N–H and O–H groups in total. The van der Waals surface area contributed by atoms with Crippen molar-refractivity contribution in [2.24, 2.45) is 0 Å². The molecule has 1 rings (SSSR count). The molecule has 15 heavy (non-hydrogen) atoms. The number of allylic oxidation sites excluding steroid dienone is 1. The van der Waals surface area contributed by atoms with Gasteiger partial charge in [0, 0.05) is 17.5 Å². The minimum absolute atomic E-state index is 0.119. The summed E-state index contributed by atoms with van der Waals surface area (Å²) in [6, 6.07) is 1.06. The smallest absolute Gasteiger partial charge is 0.261 e. The lowest BCUT2D eigenvalue weighted by atomic mass is 10.1. The van der Waals surface area contributed by atoms with Crippen molar-refractivity contribution in [1.82, 2.24) is 4.98 Å². The van der Waals surface area contributed by atoms with Crippen molar-refractivity contribution in [3.8, 4) is 0 Å². The molecule has 0 spiro atoms. The van der Waals surface area contributed by atoms with Crippen LogP contribution in [0.15, 0.2) is 17.8 Å². The molecule has 0 radical (unpaired) electrons. The van der Waals surface area contributed by atoms with E-state index in [4.69, 9.17) is 0 Å². The standard InChI is InChI=1S/C11H12F3N/c1-7(2)4-9-6-15-8(3)5-10(9)11(12,13)14/h4-6H,1-3H3.